The molecule has 0 saturated heterocycles. The molecule has 9 heteroatoms. The molecule has 0 saturated carbocycles. The maximum Gasteiger partial charge on any atom is 0.343 e. The van der Waals surface area contributed by atoms with Crippen molar-refractivity contribution in [2.75, 3.05) is 14.7 Å². The van der Waals surface area contributed by atoms with Gasteiger partial charge in [-0.1, -0.05) is 143 Å². The minimum absolute atomic E-state index is 0.368. The fourth-order valence-electron chi connectivity index (χ4n) is 11.3. The van der Waals surface area contributed by atoms with Gasteiger partial charge < -0.3 is 28.9 Å². The van der Waals surface area contributed by atoms with Crippen LogP contribution in [-0.2, 0) is 5.41 Å². The molecule has 0 spiro atoms. The SMILES string of the molecule is Cc1ccc(N(c2ccc(C)cc2)c2ccc(C(=O)Oc3ccc(C(C)(c4ccc(OC(=O)c5ccc(N(c6ccc(C)cc6)c6ccc(C)cc6)cc5)cc4)c4ccc(OC(=O)c5ccc(N(c6ccc(C)cc6)c6ccc(C)cc6)cc5)cc4)cc3)cc2)cc1. The van der Waals surface area contributed by atoms with Crippen LogP contribution in [0.5, 0.6) is 17.2 Å². The highest BCUT2D eigenvalue weighted by molar-refractivity contribution is 5.94. The number of esters is 3. The van der Waals surface area contributed by atoms with Crippen LogP contribution in [0.15, 0.2) is 291 Å². The van der Waals surface area contributed by atoms with Gasteiger partial charge in [-0.2, -0.15) is 0 Å². The van der Waals surface area contributed by atoms with Crippen molar-refractivity contribution in [2.24, 2.45) is 0 Å². The first kappa shape index (κ1) is 60.7. The van der Waals surface area contributed by atoms with E-state index in [9.17, 15) is 14.4 Å². The monoisotopic (exact) mass is 1200 g/mol. The zero-order chi connectivity index (χ0) is 63.9. The minimum Gasteiger partial charge on any atom is -0.423 e. The average Bonchev–Trinajstić information content (AvgIpc) is 0.846. The number of hydrogen-bond acceptors (Lipinski definition) is 9. The van der Waals surface area contributed by atoms with Crippen LogP contribution < -0.4 is 28.9 Å². The Morgan fingerprint density at radius 3 is 0.543 bits per heavy atom. The highest BCUT2D eigenvalue weighted by Crippen LogP contribution is 2.43. The number of benzene rings is 12. The molecule has 12 aromatic rings. The lowest BCUT2D eigenvalue weighted by atomic mass is 9.71. The Morgan fingerprint density at radius 2 is 0.380 bits per heavy atom. The summed E-state index contributed by atoms with van der Waals surface area (Å²) >= 11 is 0. The maximum absolute atomic E-state index is 13.9. The van der Waals surface area contributed by atoms with Crippen molar-refractivity contribution >= 4 is 69.1 Å². The standard InChI is InChI=1S/C83H69N3O6/c1-56-8-32-68(33-9-56)84(69-34-10-57(2)11-35-69)74-44-20-62(21-45-74)80(87)90-77-50-26-65(27-51-77)83(7,66-28-52-78(53-29-66)91-81(88)63-22-46-75(47-23-63)85(70-36-12-58(3)13-37-70)71-38-14-59(4)15-39-71)67-30-54-79(55-31-67)92-82(89)64-24-48-76(49-25-64)86(72-40-16-60(5)17-41-72)73-42-18-61(6)19-43-73/h8-55H,1-7H3. The summed E-state index contributed by atoms with van der Waals surface area (Å²) in [6, 6.07) is 94.9. The van der Waals surface area contributed by atoms with Crippen molar-refractivity contribution < 1.29 is 28.6 Å². The van der Waals surface area contributed by atoms with Crippen molar-refractivity contribution in [3.05, 3.63) is 358 Å². The van der Waals surface area contributed by atoms with Crippen molar-refractivity contribution in [1.29, 1.82) is 0 Å². The molecule has 0 unspecified atom stereocenters. The summed E-state index contributed by atoms with van der Waals surface area (Å²) in [7, 11) is 0. The number of rotatable bonds is 18. The molecule has 0 aromatic heterocycles. The molecule has 452 valence electrons. The van der Waals surface area contributed by atoms with E-state index in [4.69, 9.17) is 14.2 Å². The number of carbonyl (C=O) groups is 3. The quantitative estimate of drug-likeness (QED) is 0.0473. The van der Waals surface area contributed by atoms with E-state index in [0.717, 1.165) is 101 Å². The molecule has 0 aliphatic rings. The number of ether oxygens (including phenoxy) is 3. The molecule has 9 nitrogen and oxygen atoms in total. The molecule has 0 aliphatic carbocycles. The first-order valence-corrected chi connectivity index (χ1v) is 30.7. The topological polar surface area (TPSA) is 88.6 Å². The van der Waals surface area contributed by atoms with Gasteiger partial charge in [0.2, 0.25) is 0 Å². The van der Waals surface area contributed by atoms with Gasteiger partial charge in [0.15, 0.2) is 0 Å². The smallest absolute Gasteiger partial charge is 0.343 e. The average molecular weight is 1200 g/mol. The van der Waals surface area contributed by atoms with E-state index >= 15 is 0 Å². The number of aryl methyl sites for hydroxylation is 6. The molecule has 12 rings (SSSR count). The van der Waals surface area contributed by atoms with Gasteiger partial charge in [-0.3, -0.25) is 0 Å². The fourth-order valence-corrected chi connectivity index (χ4v) is 11.3. The molecule has 0 fully saturated rings. The summed E-state index contributed by atoms with van der Waals surface area (Å²) in [4.78, 5) is 48.0. The van der Waals surface area contributed by atoms with Crippen LogP contribution >= 0.6 is 0 Å². The molecule has 0 bridgehead atoms. The second-order valence-corrected chi connectivity index (χ2v) is 23.5. The van der Waals surface area contributed by atoms with E-state index < -0.39 is 23.3 Å². The van der Waals surface area contributed by atoms with Crippen LogP contribution in [0.3, 0.4) is 0 Å². The van der Waals surface area contributed by atoms with Gasteiger partial charge >= 0.3 is 17.9 Å². The molecule has 92 heavy (non-hydrogen) atoms. The summed E-state index contributed by atoms with van der Waals surface area (Å²) in [6.07, 6.45) is 0. The Labute approximate surface area is 538 Å². The number of carbonyl (C=O) groups excluding carboxylic acids is 3. The van der Waals surface area contributed by atoms with Crippen LogP contribution in [0.1, 0.15) is 88.1 Å². The van der Waals surface area contributed by atoms with E-state index in [1.807, 2.05) is 72.8 Å². The Balaban J connectivity index is 0.792. The van der Waals surface area contributed by atoms with Crippen LogP contribution in [0.4, 0.5) is 51.2 Å². The zero-order valence-electron chi connectivity index (χ0n) is 52.5. The summed E-state index contributed by atoms with van der Waals surface area (Å²) in [5, 5.41) is 0. The van der Waals surface area contributed by atoms with Gasteiger partial charge in [-0.25, -0.2) is 14.4 Å². The molecular formula is C83H69N3O6. The van der Waals surface area contributed by atoms with E-state index in [-0.39, 0.29) is 0 Å². The molecule has 0 radical (unpaired) electrons. The van der Waals surface area contributed by atoms with Gasteiger partial charge in [-0.05, 0) is 247 Å². The summed E-state index contributed by atoms with van der Waals surface area (Å²) < 4.78 is 18.1. The first-order valence-electron chi connectivity index (χ1n) is 30.7. The lowest BCUT2D eigenvalue weighted by Crippen LogP contribution is -2.25. The molecule has 0 amide bonds. The van der Waals surface area contributed by atoms with Gasteiger partial charge in [0, 0.05) is 56.6 Å². The van der Waals surface area contributed by atoms with Crippen molar-refractivity contribution in [3.8, 4) is 17.2 Å². The van der Waals surface area contributed by atoms with E-state index in [1.165, 1.54) is 0 Å². The van der Waals surface area contributed by atoms with E-state index in [1.54, 1.807) is 72.8 Å². The number of nitrogens with zero attached hydrogens (tertiary/aromatic N) is 3. The predicted octanol–water partition coefficient (Wildman–Crippen LogP) is 21.0. The Bertz CT molecular complexity index is 3910. The molecule has 12 aromatic carbocycles. The fraction of sp³-hybridized carbons (Fsp3) is 0.0964. The van der Waals surface area contributed by atoms with Crippen molar-refractivity contribution in [1.82, 2.24) is 0 Å². The minimum atomic E-state index is -0.836. The van der Waals surface area contributed by atoms with Gasteiger partial charge in [0.25, 0.3) is 0 Å². The predicted molar refractivity (Wildman–Crippen MR) is 372 cm³/mol. The first-order chi connectivity index (χ1) is 44.6. The second-order valence-electron chi connectivity index (χ2n) is 23.5. The van der Waals surface area contributed by atoms with Crippen LogP contribution in [0.2, 0.25) is 0 Å². The number of anilines is 9. The van der Waals surface area contributed by atoms with Crippen molar-refractivity contribution in [3.63, 3.8) is 0 Å². The Kier molecular flexibility index (Phi) is 17.6. The lowest BCUT2D eigenvalue weighted by molar-refractivity contribution is 0.0725. The Hall–Kier alpha value is -11.6. The second kappa shape index (κ2) is 26.7. The molecule has 0 N–H and O–H groups in total. The third kappa shape index (κ3) is 13.5. The van der Waals surface area contributed by atoms with Gasteiger partial charge in [-0.15, -0.1) is 0 Å². The maximum atomic E-state index is 13.9. The van der Waals surface area contributed by atoms with Crippen LogP contribution in [0, 0.1) is 41.5 Å². The summed E-state index contributed by atoms with van der Waals surface area (Å²) in [5.41, 5.74) is 18.6. The summed E-state index contributed by atoms with van der Waals surface area (Å²) in [6.45, 7) is 14.5. The summed E-state index contributed by atoms with van der Waals surface area (Å²) in [5.74, 6) is -0.383. The lowest BCUT2D eigenvalue weighted by Gasteiger charge is -2.32. The molecule has 0 aliphatic heterocycles. The van der Waals surface area contributed by atoms with Crippen LogP contribution in [-0.4, -0.2) is 17.9 Å². The third-order valence-corrected chi connectivity index (χ3v) is 16.8. The van der Waals surface area contributed by atoms with Crippen LogP contribution in [0.25, 0.3) is 0 Å². The molecule has 0 atom stereocenters. The van der Waals surface area contributed by atoms with E-state index in [0.29, 0.717) is 33.9 Å². The zero-order valence-corrected chi connectivity index (χ0v) is 52.5. The number of hydrogen-bond donors (Lipinski definition) is 0. The largest absolute Gasteiger partial charge is 0.423 e. The van der Waals surface area contributed by atoms with E-state index in [2.05, 4.69) is 209 Å². The van der Waals surface area contributed by atoms with Gasteiger partial charge in [0.05, 0.1) is 16.7 Å². The van der Waals surface area contributed by atoms with Gasteiger partial charge in [0.1, 0.15) is 17.2 Å². The highest BCUT2D eigenvalue weighted by atomic mass is 16.5. The highest BCUT2D eigenvalue weighted by Gasteiger charge is 2.32. The third-order valence-electron chi connectivity index (χ3n) is 16.8. The Morgan fingerprint density at radius 1 is 0.228 bits per heavy atom. The molecule has 0 heterocycles. The normalized spacial score (nSPS) is 11.1. The molecular weight excluding hydrogens is 1130 g/mol. The van der Waals surface area contributed by atoms with Crippen molar-refractivity contribution in [2.45, 2.75) is 53.9 Å².